The van der Waals surface area contributed by atoms with Crippen molar-refractivity contribution in [2.45, 2.75) is 13.8 Å². The van der Waals surface area contributed by atoms with Gasteiger partial charge in [0.05, 0.1) is 11.3 Å². The number of aryl methyl sites for hydroxylation is 2. The Hall–Kier alpha value is -3.54. The normalized spacial score (nSPS) is 10.3. The Bertz CT molecular complexity index is 929. The Morgan fingerprint density at radius 1 is 0.889 bits per heavy atom. The largest absolute Gasteiger partial charge is 0.483 e. The first-order valence-electron chi connectivity index (χ1n) is 8.57. The van der Waals surface area contributed by atoms with Crippen LogP contribution in [0, 0.1) is 13.8 Å². The van der Waals surface area contributed by atoms with Crippen molar-refractivity contribution in [2.75, 3.05) is 6.61 Å². The number of aromatic nitrogens is 1. The van der Waals surface area contributed by atoms with Gasteiger partial charge in [-0.15, -0.1) is 0 Å². The van der Waals surface area contributed by atoms with E-state index in [-0.39, 0.29) is 6.61 Å². The first-order chi connectivity index (χ1) is 13.1. The molecule has 138 valence electrons. The highest BCUT2D eigenvalue weighted by molar-refractivity contribution is 5.98. The average Bonchev–Trinajstić information content (AvgIpc) is 3.20. The Balaban J connectivity index is 1.59. The van der Waals surface area contributed by atoms with E-state index in [0.717, 1.165) is 16.8 Å². The molecule has 0 aliphatic carbocycles. The molecule has 6 nitrogen and oxygen atoms in total. The fourth-order valence-electron chi connectivity index (χ4n) is 2.78. The number of hydrazine groups is 1. The van der Waals surface area contributed by atoms with Gasteiger partial charge in [0.1, 0.15) is 5.75 Å². The highest BCUT2D eigenvalue weighted by atomic mass is 16.5. The molecule has 0 saturated carbocycles. The van der Waals surface area contributed by atoms with Gasteiger partial charge < -0.3 is 9.30 Å². The topological polar surface area (TPSA) is 72.4 Å². The van der Waals surface area contributed by atoms with Crippen molar-refractivity contribution in [3.63, 3.8) is 0 Å². The molecule has 27 heavy (non-hydrogen) atoms. The van der Waals surface area contributed by atoms with Crippen molar-refractivity contribution >= 4 is 11.8 Å². The minimum absolute atomic E-state index is 0.189. The summed E-state index contributed by atoms with van der Waals surface area (Å²) >= 11 is 0. The van der Waals surface area contributed by atoms with E-state index < -0.39 is 11.8 Å². The molecule has 0 radical (unpaired) electrons. The predicted molar refractivity (Wildman–Crippen MR) is 103 cm³/mol. The van der Waals surface area contributed by atoms with E-state index in [1.807, 2.05) is 73.3 Å². The van der Waals surface area contributed by atoms with Gasteiger partial charge in [-0.25, -0.2) is 0 Å². The quantitative estimate of drug-likeness (QED) is 0.685. The van der Waals surface area contributed by atoms with Crippen LogP contribution in [0.4, 0.5) is 0 Å². The molecule has 3 rings (SSSR count). The maximum absolute atomic E-state index is 12.5. The molecule has 1 heterocycles. The van der Waals surface area contributed by atoms with Crippen LogP contribution in [0.15, 0.2) is 67.0 Å². The minimum Gasteiger partial charge on any atom is -0.483 e. The zero-order valence-electron chi connectivity index (χ0n) is 15.2. The van der Waals surface area contributed by atoms with Gasteiger partial charge in [0, 0.05) is 12.4 Å². The Morgan fingerprint density at radius 2 is 1.56 bits per heavy atom. The first-order valence-corrected chi connectivity index (χ1v) is 8.57. The lowest BCUT2D eigenvalue weighted by Crippen LogP contribution is -2.44. The van der Waals surface area contributed by atoms with Gasteiger partial charge in [-0.2, -0.15) is 0 Å². The van der Waals surface area contributed by atoms with Crippen LogP contribution >= 0.6 is 0 Å². The van der Waals surface area contributed by atoms with Gasteiger partial charge in [-0.1, -0.05) is 30.3 Å². The molecular weight excluding hydrogens is 342 g/mol. The lowest BCUT2D eigenvalue weighted by molar-refractivity contribution is -0.123. The highest BCUT2D eigenvalue weighted by Gasteiger charge is 2.13. The molecule has 2 aromatic carbocycles. The molecule has 2 N–H and O–H groups in total. The highest BCUT2D eigenvalue weighted by Crippen LogP contribution is 2.22. The van der Waals surface area contributed by atoms with E-state index in [0.29, 0.717) is 11.3 Å². The Kier molecular flexibility index (Phi) is 5.56. The van der Waals surface area contributed by atoms with E-state index in [4.69, 9.17) is 4.74 Å². The maximum Gasteiger partial charge on any atom is 0.276 e. The maximum atomic E-state index is 12.5. The summed E-state index contributed by atoms with van der Waals surface area (Å²) in [5.74, 6) is -0.166. The molecular formula is C21H21N3O3. The summed E-state index contributed by atoms with van der Waals surface area (Å²) in [6, 6.07) is 16.7. The number of nitrogens with zero attached hydrogens (tertiary/aromatic N) is 1. The van der Waals surface area contributed by atoms with Gasteiger partial charge in [0.25, 0.3) is 11.8 Å². The second kappa shape index (κ2) is 8.23. The van der Waals surface area contributed by atoms with Crippen molar-refractivity contribution in [3.8, 4) is 11.4 Å². The van der Waals surface area contributed by atoms with E-state index >= 15 is 0 Å². The molecule has 2 amide bonds. The van der Waals surface area contributed by atoms with Crippen LogP contribution in [0.3, 0.4) is 0 Å². The molecule has 0 unspecified atom stereocenters. The molecule has 1 aromatic heterocycles. The molecule has 0 aliphatic rings. The zero-order chi connectivity index (χ0) is 19.2. The lowest BCUT2D eigenvalue weighted by Gasteiger charge is -2.13. The minimum atomic E-state index is -0.440. The second-order valence-corrected chi connectivity index (χ2v) is 6.12. The Labute approximate surface area is 157 Å². The van der Waals surface area contributed by atoms with Crippen LogP contribution in [0.2, 0.25) is 0 Å². The number of benzene rings is 2. The SMILES string of the molecule is Cc1cccc(C)c1OCC(=O)NNC(=O)c1ccccc1-n1cccc1. The van der Waals surface area contributed by atoms with Crippen molar-refractivity contribution in [2.24, 2.45) is 0 Å². The smallest absolute Gasteiger partial charge is 0.276 e. The van der Waals surface area contributed by atoms with Gasteiger partial charge >= 0.3 is 0 Å². The third-order valence-electron chi connectivity index (χ3n) is 4.10. The summed E-state index contributed by atoms with van der Waals surface area (Å²) in [5, 5.41) is 0. The molecule has 0 aliphatic heterocycles. The number of rotatable bonds is 5. The average molecular weight is 363 g/mol. The molecule has 0 fully saturated rings. The van der Waals surface area contributed by atoms with Gasteiger partial charge in [0.2, 0.25) is 0 Å². The molecule has 3 aromatic rings. The third kappa shape index (κ3) is 4.36. The van der Waals surface area contributed by atoms with Crippen LogP contribution in [0.25, 0.3) is 5.69 Å². The van der Waals surface area contributed by atoms with Crippen molar-refractivity contribution in [3.05, 3.63) is 83.7 Å². The number of amides is 2. The second-order valence-electron chi connectivity index (χ2n) is 6.12. The molecule has 0 saturated heterocycles. The van der Waals surface area contributed by atoms with Crippen molar-refractivity contribution in [1.82, 2.24) is 15.4 Å². The van der Waals surface area contributed by atoms with Crippen molar-refractivity contribution in [1.29, 1.82) is 0 Å². The predicted octanol–water partition coefficient (Wildman–Crippen LogP) is 2.93. The van der Waals surface area contributed by atoms with E-state index in [1.165, 1.54) is 0 Å². The number of hydrogen-bond acceptors (Lipinski definition) is 3. The first kappa shape index (κ1) is 18.3. The van der Waals surface area contributed by atoms with Crippen LogP contribution < -0.4 is 15.6 Å². The number of ether oxygens (including phenoxy) is 1. The zero-order valence-corrected chi connectivity index (χ0v) is 15.2. The molecule has 0 bridgehead atoms. The third-order valence-corrected chi connectivity index (χ3v) is 4.10. The molecule has 0 spiro atoms. The number of nitrogens with one attached hydrogen (secondary N) is 2. The number of para-hydroxylation sites is 2. The van der Waals surface area contributed by atoms with E-state index in [9.17, 15) is 9.59 Å². The van der Waals surface area contributed by atoms with Gasteiger partial charge in [-0.05, 0) is 49.2 Å². The molecule has 0 atom stereocenters. The van der Waals surface area contributed by atoms with Crippen molar-refractivity contribution < 1.29 is 14.3 Å². The lowest BCUT2D eigenvalue weighted by atomic mass is 10.1. The summed E-state index contributed by atoms with van der Waals surface area (Å²) < 4.78 is 7.42. The molecule has 6 heteroatoms. The van der Waals surface area contributed by atoms with Gasteiger partial charge in [-0.3, -0.25) is 20.4 Å². The van der Waals surface area contributed by atoms with Crippen LogP contribution in [0.1, 0.15) is 21.5 Å². The summed E-state index contributed by atoms with van der Waals surface area (Å²) in [6.07, 6.45) is 3.70. The number of carbonyl (C=O) groups is 2. The fraction of sp³-hybridized carbons (Fsp3) is 0.143. The van der Waals surface area contributed by atoms with E-state index in [2.05, 4.69) is 10.9 Å². The number of carbonyl (C=O) groups excluding carboxylic acids is 2. The number of hydrogen-bond donors (Lipinski definition) is 2. The summed E-state index contributed by atoms with van der Waals surface area (Å²) in [7, 11) is 0. The summed E-state index contributed by atoms with van der Waals surface area (Å²) in [6.45, 7) is 3.64. The van der Waals surface area contributed by atoms with Crippen LogP contribution in [-0.2, 0) is 4.79 Å². The van der Waals surface area contributed by atoms with E-state index in [1.54, 1.807) is 12.1 Å². The summed E-state index contributed by atoms with van der Waals surface area (Å²) in [5.41, 5.74) is 7.90. The Morgan fingerprint density at radius 3 is 2.26 bits per heavy atom. The summed E-state index contributed by atoms with van der Waals surface area (Å²) in [4.78, 5) is 24.5. The fourth-order valence-corrected chi connectivity index (χ4v) is 2.78. The van der Waals surface area contributed by atoms with Gasteiger partial charge in [0.15, 0.2) is 6.61 Å². The van der Waals surface area contributed by atoms with Crippen LogP contribution in [0.5, 0.6) is 5.75 Å². The van der Waals surface area contributed by atoms with Crippen LogP contribution in [-0.4, -0.2) is 23.0 Å². The standard InChI is InChI=1S/C21H21N3O3/c1-15-8-7-9-16(2)20(15)27-14-19(25)22-23-21(26)17-10-3-4-11-18(17)24-12-5-6-13-24/h3-13H,14H2,1-2H3,(H,22,25)(H,23,26). The monoisotopic (exact) mass is 363 g/mol.